The summed E-state index contributed by atoms with van der Waals surface area (Å²) in [4.78, 5) is 15.1. The summed E-state index contributed by atoms with van der Waals surface area (Å²) in [6.07, 6.45) is 3.20. The van der Waals surface area contributed by atoms with Gasteiger partial charge in [0.05, 0.1) is 5.52 Å². The molecule has 1 aromatic carbocycles. The number of benzene rings is 1. The third kappa shape index (κ3) is 2.14. The highest BCUT2D eigenvalue weighted by Gasteiger charge is 2.06. The van der Waals surface area contributed by atoms with Gasteiger partial charge in [-0.2, -0.15) is 0 Å². The maximum absolute atomic E-state index is 11.2. The van der Waals surface area contributed by atoms with Crippen molar-refractivity contribution in [3.8, 4) is 11.5 Å². The van der Waals surface area contributed by atoms with E-state index >= 15 is 0 Å². The molecule has 100 valence electrons. The van der Waals surface area contributed by atoms with Gasteiger partial charge in [0.1, 0.15) is 17.3 Å². The number of nitrogens with zero attached hydrogens (tertiary/aromatic N) is 2. The Hall–Kier alpha value is -3.02. The van der Waals surface area contributed by atoms with E-state index in [1.165, 1.54) is 4.57 Å². The second-order valence-electron chi connectivity index (χ2n) is 4.26. The molecule has 20 heavy (non-hydrogen) atoms. The van der Waals surface area contributed by atoms with Crippen LogP contribution in [0.25, 0.3) is 10.9 Å². The first-order valence-corrected chi connectivity index (χ1v) is 5.94. The average Bonchev–Trinajstić information content (AvgIpc) is 2.82. The topological polar surface area (TPSA) is 96.2 Å². The lowest BCUT2D eigenvalue weighted by molar-refractivity contribution is 0.251. The van der Waals surface area contributed by atoms with Crippen molar-refractivity contribution in [1.82, 2.24) is 9.55 Å². The zero-order valence-electron chi connectivity index (χ0n) is 10.5. The molecule has 0 bridgehead atoms. The predicted molar refractivity (Wildman–Crippen MR) is 75.6 cm³/mol. The Morgan fingerprint density at radius 1 is 1.15 bits per heavy atom. The number of carbonyl (C=O) groups is 1. The van der Waals surface area contributed by atoms with Crippen LogP contribution in [0.5, 0.6) is 11.5 Å². The molecule has 3 aromatic rings. The van der Waals surface area contributed by atoms with Crippen molar-refractivity contribution in [3.05, 3.63) is 48.8 Å². The van der Waals surface area contributed by atoms with Gasteiger partial charge in [0.25, 0.3) is 0 Å². The number of aromatic nitrogens is 2. The van der Waals surface area contributed by atoms with Crippen molar-refractivity contribution in [2.75, 3.05) is 5.73 Å². The van der Waals surface area contributed by atoms with Crippen molar-refractivity contribution < 1.29 is 9.53 Å². The molecule has 1 amide bonds. The van der Waals surface area contributed by atoms with Gasteiger partial charge in [-0.3, -0.25) is 4.57 Å². The summed E-state index contributed by atoms with van der Waals surface area (Å²) in [7, 11) is 0. The Balaban J connectivity index is 1.95. The smallest absolute Gasteiger partial charge is 0.323 e. The normalized spacial score (nSPS) is 10.6. The van der Waals surface area contributed by atoms with Crippen LogP contribution in [0.3, 0.4) is 0 Å². The van der Waals surface area contributed by atoms with Crippen molar-refractivity contribution in [2.24, 2.45) is 5.73 Å². The Morgan fingerprint density at radius 2 is 1.95 bits per heavy atom. The molecule has 6 heteroatoms. The molecular weight excluding hydrogens is 256 g/mol. The van der Waals surface area contributed by atoms with Crippen molar-refractivity contribution >= 4 is 22.8 Å². The van der Waals surface area contributed by atoms with E-state index in [4.69, 9.17) is 16.2 Å². The molecule has 4 N–H and O–H groups in total. The van der Waals surface area contributed by atoms with E-state index in [1.54, 1.807) is 42.7 Å². The molecule has 0 unspecified atom stereocenters. The van der Waals surface area contributed by atoms with Crippen LogP contribution in [0, 0.1) is 0 Å². The lowest BCUT2D eigenvalue weighted by Crippen LogP contribution is -2.17. The molecule has 2 aromatic heterocycles. The number of ether oxygens (including phenoxy) is 1. The number of nitrogen functional groups attached to an aromatic ring is 1. The first-order chi connectivity index (χ1) is 9.63. The molecule has 0 saturated carbocycles. The van der Waals surface area contributed by atoms with Crippen molar-refractivity contribution in [3.63, 3.8) is 0 Å². The Bertz CT molecular complexity index is 795. The van der Waals surface area contributed by atoms with Crippen LogP contribution in [-0.2, 0) is 0 Å². The number of hydrogen-bond acceptors (Lipinski definition) is 4. The molecule has 0 saturated heterocycles. The highest BCUT2D eigenvalue weighted by molar-refractivity contribution is 5.91. The fourth-order valence-corrected chi connectivity index (χ4v) is 2.00. The number of rotatable bonds is 2. The summed E-state index contributed by atoms with van der Waals surface area (Å²) in [6.45, 7) is 0. The van der Waals surface area contributed by atoms with Gasteiger partial charge >= 0.3 is 6.03 Å². The van der Waals surface area contributed by atoms with E-state index in [0.717, 1.165) is 10.9 Å². The number of fused-ring (bicyclic) bond motifs is 1. The first-order valence-electron chi connectivity index (χ1n) is 5.94. The first kappa shape index (κ1) is 12.0. The maximum atomic E-state index is 11.2. The van der Waals surface area contributed by atoms with E-state index < -0.39 is 6.03 Å². The van der Waals surface area contributed by atoms with Crippen LogP contribution in [0.15, 0.2) is 48.8 Å². The summed E-state index contributed by atoms with van der Waals surface area (Å²) >= 11 is 0. The number of primary amides is 1. The van der Waals surface area contributed by atoms with Gasteiger partial charge < -0.3 is 16.2 Å². The minimum Gasteiger partial charge on any atom is -0.457 e. The van der Waals surface area contributed by atoms with Crippen LogP contribution in [0.2, 0.25) is 0 Å². The van der Waals surface area contributed by atoms with E-state index in [-0.39, 0.29) is 0 Å². The number of carbonyl (C=O) groups excluding carboxylic acids is 1. The van der Waals surface area contributed by atoms with Crippen LogP contribution in [0.4, 0.5) is 10.6 Å². The van der Waals surface area contributed by atoms with Crippen LogP contribution >= 0.6 is 0 Å². The summed E-state index contributed by atoms with van der Waals surface area (Å²) in [6, 6.07) is 10.0. The van der Waals surface area contributed by atoms with E-state index in [1.807, 2.05) is 6.07 Å². The molecule has 6 nitrogen and oxygen atoms in total. The number of hydrogen-bond donors (Lipinski definition) is 2. The summed E-state index contributed by atoms with van der Waals surface area (Å²) in [5, 5.41) is 0.864. The van der Waals surface area contributed by atoms with Crippen LogP contribution in [0.1, 0.15) is 0 Å². The highest BCUT2D eigenvalue weighted by Crippen LogP contribution is 2.26. The predicted octanol–water partition coefficient (Wildman–Crippen LogP) is 2.34. The Kier molecular flexibility index (Phi) is 2.76. The number of anilines is 1. The molecule has 0 aliphatic rings. The third-order valence-electron chi connectivity index (χ3n) is 2.89. The Morgan fingerprint density at radius 3 is 2.70 bits per heavy atom. The second-order valence-corrected chi connectivity index (χ2v) is 4.26. The lowest BCUT2D eigenvalue weighted by atomic mass is 10.2. The molecule has 0 spiro atoms. The summed E-state index contributed by atoms with van der Waals surface area (Å²) in [5.74, 6) is 1.64. The monoisotopic (exact) mass is 268 g/mol. The molecule has 0 aliphatic heterocycles. The molecule has 0 fully saturated rings. The van der Waals surface area contributed by atoms with Gasteiger partial charge in [0, 0.05) is 23.8 Å². The van der Waals surface area contributed by atoms with E-state index in [9.17, 15) is 4.79 Å². The van der Waals surface area contributed by atoms with Crippen molar-refractivity contribution in [2.45, 2.75) is 0 Å². The number of pyridine rings is 1. The van der Waals surface area contributed by atoms with Gasteiger partial charge in [-0.05, 0) is 30.3 Å². The van der Waals surface area contributed by atoms with Crippen LogP contribution < -0.4 is 16.2 Å². The maximum Gasteiger partial charge on any atom is 0.323 e. The van der Waals surface area contributed by atoms with Gasteiger partial charge in [-0.1, -0.05) is 0 Å². The number of nitrogens with two attached hydrogens (primary N) is 2. The van der Waals surface area contributed by atoms with Crippen molar-refractivity contribution in [1.29, 1.82) is 0 Å². The van der Waals surface area contributed by atoms with Gasteiger partial charge in [-0.15, -0.1) is 0 Å². The fourth-order valence-electron chi connectivity index (χ4n) is 2.00. The third-order valence-corrected chi connectivity index (χ3v) is 2.89. The molecule has 0 aliphatic carbocycles. The largest absolute Gasteiger partial charge is 0.457 e. The van der Waals surface area contributed by atoms with Gasteiger partial charge in [0.2, 0.25) is 0 Å². The zero-order chi connectivity index (χ0) is 14.1. The Labute approximate surface area is 114 Å². The number of amides is 1. The van der Waals surface area contributed by atoms with Crippen LogP contribution in [-0.4, -0.2) is 15.6 Å². The standard InChI is InChI=1S/C14H12N4O2/c15-13-8-11(3-5-17-13)20-10-1-2-12-9(7-10)4-6-18(12)14(16)19/h1-8H,(H2,15,17)(H2,16,19). The van der Waals surface area contributed by atoms with E-state index in [2.05, 4.69) is 4.98 Å². The SMILES string of the molecule is NC(=O)n1ccc2cc(Oc3ccnc(N)c3)ccc21. The summed E-state index contributed by atoms with van der Waals surface area (Å²) < 4.78 is 7.07. The molecular formula is C14H12N4O2. The molecule has 2 heterocycles. The van der Waals surface area contributed by atoms with E-state index in [0.29, 0.717) is 17.3 Å². The highest BCUT2D eigenvalue weighted by atomic mass is 16.5. The molecule has 0 atom stereocenters. The summed E-state index contributed by atoms with van der Waals surface area (Å²) in [5.41, 5.74) is 11.6. The average molecular weight is 268 g/mol. The fraction of sp³-hybridized carbons (Fsp3) is 0. The zero-order valence-corrected chi connectivity index (χ0v) is 10.5. The minimum absolute atomic E-state index is 0.392. The van der Waals surface area contributed by atoms with Gasteiger partial charge in [0.15, 0.2) is 0 Å². The molecule has 3 rings (SSSR count). The lowest BCUT2D eigenvalue weighted by Gasteiger charge is -2.06. The second kappa shape index (κ2) is 4.58. The van der Waals surface area contributed by atoms with Gasteiger partial charge in [-0.25, -0.2) is 9.78 Å². The quantitative estimate of drug-likeness (QED) is 0.745. The molecule has 0 radical (unpaired) electrons. The minimum atomic E-state index is -0.518.